The van der Waals surface area contributed by atoms with E-state index < -0.39 is 28.5 Å². The van der Waals surface area contributed by atoms with Gasteiger partial charge in [-0.25, -0.2) is 17.5 Å². The maximum absolute atomic E-state index is 12.3. The Morgan fingerprint density at radius 2 is 1.89 bits per heavy atom. The Kier molecular flexibility index (Phi) is 6.51. The number of nitrogens with zero attached hydrogens (tertiary/aromatic N) is 2. The molecule has 2 aromatic rings. The molecule has 1 N–H and O–H groups in total. The van der Waals surface area contributed by atoms with Crippen molar-refractivity contribution in [1.29, 1.82) is 5.26 Å². The Hall–Kier alpha value is -3.22. The van der Waals surface area contributed by atoms with Gasteiger partial charge in [-0.05, 0) is 42.8 Å². The number of ether oxygens (including phenoxy) is 1. The summed E-state index contributed by atoms with van der Waals surface area (Å²) in [6, 6.07) is 12.4. The van der Waals surface area contributed by atoms with E-state index in [1.165, 1.54) is 38.4 Å². The first-order valence-corrected chi connectivity index (χ1v) is 9.59. The van der Waals surface area contributed by atoms with Crippen LogP contribution >= 0.6 is 0 Å². The highest BCUT2D eigenvalue weighted by atomic mass is 32.2. The Labute approximate surface area is 163 Å². The maximum Gasteiger partial charge on any atom is 0.338 e. The van der Waals surface area contributed by atoms with Gasteiger partial charge in [-0.1, -0.05) is 12.1 Å². The van der Waals surface area contributed by atoms with Gasteiger partial charge < -0.3 is 10.1 Å². The van der Waals surface area contributed by atoms with Crippen LogP contribution in [-0.4, -0.2) is 45.3 Å². The summed E-state index contributed by atoms with van der Waals surface area (Å²) in [6.07, 6.45) is 0. The summed E-state index contributed by atoms with van der Waals surface area (Å²) in [7, 11) is -0.933. The summed E-state index contributed by atoms with van der Waals surface area (Å²) in [5.41, 5.74) is 1.35. The van der Waals surface area contributed by atoms with E-state index in [-0.39, 0.29) is 10.5 Å². The largest absolute Gasteiger partial charge is 0.452 e. The van der Waals surface area contributed by atoms with Gasteiger partial charge in [-0.15, -0.1) is 0 Å². The molecule has 8 nitrogen and oxygen atoms in total. The predicted octanol–water partition coefficient (Wildman–Crippen LogP) is 1.91. The zero-order valence-corrected chi connectivity index (χ0v) is 16.4. The maximum atomic E-state index is 12.3. The number of carbonyl (C=O) groups is 2. The van der Waals surface area contributed by atoms with Crippen molar-refractivity contribution >= 4 is 27.6 Å². The van der Waals surface area contributed by atoms with Gasteiger partial charge in [0, 0.05) is 19.8 Å². The van der Waals surface area contributed by atoms with E-state index in [0.29, 0.717) is 16.8 Å². The lowest BCUT2D eigenvalue weighted by atomic mass is 10.1. The number of nitriles is 1. The average Bonchev–Trinajstić information content (AvgIpc) is 2.66. The summed E-state index contributed by atoms with van der Waals surface area (Å²) in [4.78, 5) is 24.2. The van der Waals surface area contributed by atoms with E-state index in [4.69, 9.17) is 10.00 Å². The molecule has 9 heteroatoms. The molecule has 0 radical (unpaired) electrons. The average molecular weight is 401 g/mol. The van der Waals surface area contributed by atoms with Gasteiger partial charge in [-0.2, -0.15) is 5.26 Å². The van der Waals surface area contributed by atoms with Crippen molar-refractivity contribution in [3.05, 3.63) is 59.2 Å². The standard InChI is InChI=1S/C19H19N3O5S/c1-13-7-8-16(28(25,26)22(2)3)10-17(13)19(24)27-12-18(23)21-15-6-4-5-14(9-15)11-20/h4-10H,12H2,1-3H3,(H,21,23). The third-order valence-corrected chi connectivity index (χ3v) is 5.63. The molecule has 1 amide bonds. The molecular formula is C19H19N3O5S. The first-order chi connectivity index (χ1) is 13.1. The number of hydrogen-bond donors (Lipinski definition) is 1. The van der Waals surface area contributed by atoms with Crippen LogP contribution < -0.4 is 5.32 Å². The molecule has 0 bridgehead atoms. The second kappa shape index (κ2) is 8.65. The summed E-state index contributed by atoms with van der Waals surface area (Å²) < 4.78 is 30.5. The summed E-state index contributed by atoms with van der Waals surface area (Å²) in [6.45, 7) is 1.08. The van der Waals surface area contributed by atoms with Gasteiger partial charge in [0.15, 0.2) is 6.61 Å². The Bertz CT molecular complexity index is 1060. The number of benzene rings is 2. The van der Waals surface area contributed by atoms with Crippen LogP contribution in [0.1, 0.15) is 21.5 Å². The van der Waals surface area contributed by atoms with Crippen LogP contribution in [0.5, 0.6) is 0 Å². The van der Waals surface area contributed by atoms with E-state index in [1.807, 2.05) is 6.07 Å². The topological polar surface area (TPSA) is 117 Å². The minimum absolute atomic E-state index is 0.0483. The van der Waals surface area contributed by atoms with Crippen molar-refractivity contribution < 1.29 is 22.7 Å². The molecule has 2 aromatic carbocycles. The number of hydrogen-bond acceptors (Lipinski definition) is 6. The lowest BCUT2D eigenvalue weighted by molar-refractivity contribution is -0.119. The first kappa shape index (κ1) is 21.1. The van der Waals surface area contributed by atoms with Crippen LogP contribution in [-0.2, 0) is 19.6 Å². The van der Waals surface area contributed by atoms with Crippen LogP contribution in [0.4, 0.5) is 5.69 Å². The molecule has 28 heavy (non-hydrogen) atoms. The molecular weight excluding hydrogens is 382 g/mol. The fourth-order valence-corrected chi connectivity index (χ4v) is 3.19. The fraction of sp³-hybridized carbons (Fsp3) is 0.211. The molecule has 0 heterocycles. The Balaban J connectivity index is 2.08. The molecule has 146 valence electrons. The van der Waals surface area contributed by atoms with E-state index in [9.17, 15) is 18.0 Å². The molecule has 0 atom stereocenters. The van der Waals surface area contributed by atoms with E-state index in [0.717, 1.165) is 4.31 Å². The van der Waals surface area contributed by atoms with E-state index in [2.05, 4.69) is 5.32 Å². The fourth-order valence-electron chi connectivity index (χ4n) is 2.26. The predicted molar refractivity (Wildman–Crippen MR) is 102 cm³/mol. The second-order valence-electron chi connectivity index (χ2n) is 6.08. The molecule has 0 aliphatic carbocycles. The highest BCUT2D eigenvalue weighted by Crippen LogP contribution is 2.19. The van der Waals surface area contributed by atoms with Crippen LogP contribution in [0, 0.1) is 18.3 Å². The van der Waals surface area contributed by atoms with Gasteiger partial charge in [-0.3, -0.25) is 4.79 Å². The zero-order chi connectivity index (χ0) is 20.9. The number of nitrogens with one attached hydrogen (secondary N) is 1. The number of aryl methyl sites for hydroxylation is 1. The monoisotopic (exact) mass is 401 g/mol. The van der Waals surface area contributed by atoms with Crippen molar-refractivity contribution in [2.24, 2.45) is 0 Å². The molecule has 0 spiro atoms. The summed E-state index contributed by atoms with van der Waals surface area (Å²) in [5.74, 6) is -1.40. The Morgan fingerprint density at radius 1 is 1.18 bits per heavy atom. The molecule has 0 aliphatic heterocycles. The SMILES string of the molecule is Cc1ccc(S(=O)(=O)N(C)C)cc1C(=O)OCC(=O)Nc1cccc(C#N)c1. The molecule has 0 saturated heterocycles. The summed E-state index contributed by atoms with van der Waals surface area (Å²) in [5, 5.41) is 11.4. The number of sulfonamides is 1. The van der Waals surface area contributed by atoms with Gasteiger partial charge in [0.05, 0.1) is 22.1 Å². The third kappa shape index (κ3) is 4.94. The first-order valence-electron chi connectivity index (χ1n) is 8.15. The molecule has 0 aliphatic rings. The second-order valence-corrected chi connectivity index (χ2v) is 8.23. The lowest BCUT2D eigenvalue weighted by Crippen LogP contribution is -2.23. The third-order valence-electron chi connectivity index (χ3n) is 3.82. The smallest absolute Gasteiger partial charge is 0.338 e. The molecule has 0 aromatic heterocycles. The zero-order valence-electron chi connectivity index (χ0n) is 15.6. The van der Waals surface area contributed by atoms with E-state index >= 15 is 0 Å². The van der Waals surface area contributed by atoms with Gasteiger partial charge in [0.1, 0.15) is 0 Å². The van der Waals surface area contributed by atoms with Crippen molar-refractivity contribution in [1.82, 2.24) is 4.31 Å². The van der Waals surface area contributed by atoms with Crippen LogP contribution in [0.15, 0.2) is 47.4 Å². The highest BCUT2D eigenvalue weighted by Gasteiger charge is 2.21. The van der Waals surface area contributed by atoms with Gasteiger partial charge >= 0.3 is 5.97 Å². The molecule has 2 rings (SSSR count). The number of rotatable bonds is 6. The van der Waals surface area contributed by atoms with Crippen molar-refractivity contribution in [3.63, 3.8) is 0 Å². The number of amides is 1. The van der Waals surface area contributed by atoms with Crippen molar-refractivity contribution in [2.75, 3.05) is 26.0 Å². The van der Waals surface area contributed by atoms with Gasteiger partial charge in [0.25, 0.3) is 5.91 Å². The lowest BCUT2D eigenvalue weighted by Gasteiger charge is -2.13. The van der Waals surface area contributed by atoms with Crippen molar-refractivity contribution in [2.45, 2.75) is 11.8 Å². The van der Waals surface area contributed by atoms with E-state index in [1.54, 1.807) is 25.1 Å². The van der Waals surface area contributed by atoms with Crippen molar-refractivity contribution in [3.8, 4) is 6.07 Å². The minimum Gasteiger partial charge on any atom is -0.452 e. The number of carbonyl (C=O) groups excluding carboxylic acids is 2. The normalized spacial score (nSPS) is 11.0. The van der Waals surface area contributed by atoms with Crippen LogP contribution in [0.25, 0.3) is 0 Å². The highest BCUT2D eigenvalue weighted by molar-refractivity contribution is 7.89. The van der Waals surface area contributed by atoms with Crippen LogP contribution in [0.2, 0.25) is 0 Å². The number of anilines is 1. The number of esters is 1. The Morgan fingerprint density at radius 3 is 2.54 bits per heavy atom. The molecule has 0 saturated carbocycles. The molecule has 0 fully saturated rings. The summed E-state index contributed by atoms with van der Waals surface area (Å²) >= 11 is 0. The minimum atomic E-state index is -3.71. The quantitative estimate of drug-likeness (QED) is 0.739. The van der Waals surface area contributed by atoms with Gasteiger partial charge in [0.2, 0.25) is 10.0 Å². The molecule has 0 unspecified atom stereocenters. The van der Waals surface area contributed by atoms with Crippen LogP contribution in [0.3, 0.4) is 0 Å².